The lowest BCUT2D eigenvalue weighted by atomic mass is 10.5. The number of anilines is 1. The number of oxazole rings is 1. The molecule has 0 radical (unpaired) electrons. The van der Waals surface area contributed by atoms with Gasteiger partial charge in [-0.15, -0.1) is 0 Å². The second-order valence-electron chi connectivity index (χ2n) is 3.13. The molecule has 0 aromatic carbocycles. The fourth-order valence-electron chi connectivity index (χ4n) is 1.17. The molecule has 2 aromatic rings. The van der Waals surface area contributed by atoms with E-state index in [-0.39, 0.29) is 11.7 Å². The Balaban J connectivity index is 2.14. The van der Waals surface area contributed by atoms with Crippen LogP contribution < -0.4 is 5.73 Å². The van der Waals surface area contributed by atoms with Gasteiger partial charge in [-0.3, -0.25) is 9.48 Å². The summed E-state index contributed by atoms with van der Waals surface area (Å²) < 4.78 is 6.81. The maximum absolute atomic E-state index is 10.9. The second kappa shape index (κ2) is 3.56. The number of ketones is 1. The number of Topliss-reactive ketones (excluding diaryl/α,β-unsaturated/α-hetero) is 1. The minimum Gasteiger partial charge on any atom is -0.437 e. The van der Waals surface area contributed by atoms with Crippen molar-refractivity contribution in [3.05, 3.63) is 30.1 Å². The average Bonchev–Trinajstić information content (AvgIpc) is 2.76. The van der Waals surface area contributed by atoms with Gasteiger partial charge < -0.3 is 10.2 Å². The summed E-state index contributed by atoms with van der Waals surface area (Å²) in [5.41, 5.74) is 5.45. The largest absolute Gasteiger partial charge is 0.437 e. The van der Waals surface area contributed by atoms with Gasteiger partial charge in [-0.1, -0.05) is 0 Å². The molecule has 0 fully saturated rings. The molecule has 0 saturated carbocycles. The van der Waals surface area contributed by atoms with Crippen LogP contribution in [0.5, 0.6) is 0 Å². The van der Waals surface area contributed by atoms with Gasteiger partial charge in [0.15, 0.2) is 0 Å². The van der Waals surface area contributed by atoms with Gasteiger partial charge >= 0.3 is 0 Å². The minimum atomic E-state index is -0.193. The summed E-state index contributed by atoms with van der Waals surface area (Å²) in [5.74, 6) is 0.941. The summed E-state index contributed by atoms with van der Waals surface area (Å²) in [6, 6.07) is 1.68. The SMILES string of the molecule is CC(=O)c1ncc(Cn2ccc(N)n2)o1. The molecule has 78 valence electrons. The first-order valence-electron chi connectivity index (χ1n) is 4.40. The Hall–Kier alpha value is -2.11. The molecule has 6 heteroatoms. The number of rotatable bonds is 3. The van der Waals surface area contributed by atoms with Crippen LogP contribution in [0.4, 0.5) is 5.82 Å². The van der Waals surface area contributed by atoms with E-state index in [9.17, 15) is 4.79 Å². The molecule has 2 aromatic heterocycles. The number of hydrogen-bond acceptors (Lipinski definition) is 5. The first-order chi connectivity index (χ1) is 7.15. The number of carbonyl (C=O) groups is 1. The third-order valence-electron chi connectivity index (χ3n) is 1.83. The zero-order chi connectivity index (χ0) is 10.8. The molecule has 6 nitrogen and oxygen atoms in total. The van der Waals surface area contributed by atoms with E-state index >= 15 is 0 Å². The van der Waals surface area contributed by atoms with E-state index in [1.807, 2.05) is 0 Å². The van der Waals surface area contributed by atoms with Gasteiger partial charge in [0.25, 0.3) is 5.89 Å². The van der Waals surface area contributed by atoms with Crippen LogP contribution in [0.15, 0.2) is 22.9 Å². The number of nitrogen functional groups attached to an aromatic ring is 1. The topological polar surface area (TPSA) is 86.9 Å². The number of carbonyl (C=O) groups excluding carboxylic acids is 1. The summed E-state index contributed by atoms with van der Waals surface area (Å²) in [7, 11) is 0. The Morgan fingerprint density at radius 2 is 2.47 bits per heavy atom. The lowest BCUT2D eigenvalue weighted by Gasteiger charge is -1.95. The third-order valence-corrected chi connectivity index (χ3v) is 1.83. The maximum Gasteiger partial charge on any atom is 0.263 e. The van der Waals surface area contributed by atoms with Crippen LogP contribution >= 0.6 is 0 Å². The monoisotopic (exact) mass is 206 g/mol. The van der Waals surface area contributed by atoms with Crippen LogP contribution in [0.1, 0.15) is 23.4 Å². The maximum atomic E-state index is 10.9. The average molecular weight is 206 g/mol. The second-order valence-corrected chi connectivity index (χ2v) is 3.13. The summed E-state index contributed by atoms with van der Waals surface area (Å²) in [6.07, 6.45) is 3.24. The van der Waals surface area contributed by atoms with E-state index in [4.69, 9.17) is 10.2 Å². The Kier molecular flexibility index (Phi) is 2.24. The van der Waals surface area contributed by atoms with E-state index < -0.39 is 0 Å². The number of hydrogen-bond donors (Lipinski definition) is 1. The quantitative estimate of drug-likeness (QED) is 0.747. The molecule has 0 spiro atoms. The van der Waals surface area contributed by atoms with E-state index in [0.29, 0.717) is 18.1 Å². The van der Waals surface area contributed by atoms with E-state index in [0.717, 1.165) is 0 Å². The van der Waals surface area contributed by atoms with Gasteiger partial charge in [-0.05, 0) is 6.07 Å². The van der Waals surface area contributed by atoms with Crippen molar-refractivity contribution in [3.8, 4) is 0 Å². The molecule has 0 amide bonds. The van der Waals surface area contributed by atoms with Gasteiger partial charge in [0, 0.05) is 13.1 Å². The molecule has 15 heavy (non-hydrogen) atoms. The Labute approximate surface area is 85.7 Å². The molecule has 0 saturated heterocycles. The van der Waals surface area contributed by atoms with E-state index in [2.05, 4.69) is 10.1 Å². The number of aromatic nitrogens is 3. The molecule has 0 aliphatic rings. The lowest BCUT2D eigenvalue weighted by Crippen LogP contribution is -2.00. The van der Waals surface area contributed by atoms with Crippen molar-refractivity contribution >= 4 is 11.6 Å². The van der Waals surface area contributed by atoms with E-state index in [1.54, 1.807) is 16.9 Å². The smallest absolute Gasteiger partial charge is 0.263 e. The number of nitrogens with zero attached hydrogens (tertiary/aromatic N) is 3. The Morgan fingerprint density at radius 1 is 1.67 bits per heavy atom. The third kappa shape index (κ3) is 2.04. The number of nitrogens with two attached hydrogens (primary N) is 1. The van der Waals surface area contributed by atoms with Crippen LogP contribution in [0.25, 0.3) is 0 Å². The Bertz CT molecular complexity index is 486. The molecule has 2 N–H and O–H groups in total. The standard InChI is InChI=1S/C9H10N4O2/c1-6(14)9-11-4-7(15-9)5-13-3-2-8(10)12-13/h2-4H,5H2,1H3,(H2,10,12). The van der Waals surface area contributed by atoms with Gasteiger partial charge in [-0.25, -0.2) is 4.98 Å². The molecular formula is C9H10N4O2. The van der Waals surface area contributed by atoms with Crippen LogP contribution in [-0.2, 0) is 6.54 Å². The molecule has 0 unspecified atom stereocenters. The predicted octanol–water partition coefficient (Wildman–Crippen LogP) is 0.704. The van der Waals surface area contributed by atoms with Crippen LogP contribution in [0.2, 0.25) is 0 Å². The highest BCUT2D eigenvalue weighted by atomic mass is 16.4. The fourth-order valence-corrected chi connectivity index (χ4v) is 1.17. The van der Waals surface area contributed by atoms with Crippen molar-refractivity contribution in [2.24, 2.45) is 0 Å². The van der Waals surface area contributed by atoms with Crippen molar-refractivity contribution < 1.29 is 9.21 Å². The molecule has 0 aliphatic carbocycles. The first-order valence-corrected chi connectivity index (χ1v) is 4.40. The molecule has 2 rings (SSSR count). The summed E-state index contributed by atoms with van der Waals surface area (Å²) in [4.78, 5) is 14.7. The van der Waals surface area contributed by atoms with Gasteiger partial charge in [-0.2, -0.15) is 5.10 Å². The zero-order valence-corrected chi connectivity index (χ0v) is 8.17. The highest BCUT2D eigenvalue weighted by molar-refractivity contribution is 5.89. The summed E-state index contributed by atoms with van der Waals surface area (Å²) in [6.45, 7) is 1.82. The van der Waals surface area contributed by atoms with Crippen molar-refractivity contribution in [2.75, 3.05) is 5.73 Å². The molecule has 0 bridgehead atoms. The van der Waals surface area contributed by atoms with Crippen molar-refractivity contribution in [2.45, 2.75) is 13.5 Å². The fraction of sp³-hybridized carbons (Fsp3) is 0.222. The van der Waals surface area contributed by atoms with Crippen molar-refractivity contribution in [1.29, 1.82) is 0 Å². The highest BCUT2D eigenvalue weighted by Gasteiger charge is 2.08. The minimum absolute atomic E-state index is 0.116. The van der Waals surface area contributed by atoms with Crippen molar-refractivity contribution in [1.82, 2.24) is 14.8 Å². The lowest BCUT2D eigenvalue weighted by molar-refractivity contribution is 0.0978. The summed E-state index contributed by atoms with van der Waals surface area (Å²) in [5, 5.41) is 3.98. The van der Waals surface area contributed by atoms with Crippen molar-refractivity contribution in [3.63, 3.8) is 0 Å². The molecule has 0 aliphatic heterocycles. The van der Waals surface area contributed by atoms with Crippen LogP contribution in [0.3, 0.4) is 0 Å². The van der Waals surface area contributed by atoms with E-state index in [1.165, 1.54) is 13.1 Å². The van der Waals surface area contributed by atoms with Gasteiger partial charge in [0.1, 0.15) is 18.1 Å². The normalized spacial score (nSPS) is 10.5. The molecule has 0 atom stereocenters. The highest BCUT2D eigenvalue weighted by Crippen LogP contribution is 2.07. The van der Waals surface area contributed by atoms with Crippen LogP contribution in [-0.4, -0.2) is 20.5 Å². The van der Waals surface area contributed by atoms with Gasteiger partial charge in [0.2, 0.25) is 5.78 Å². The molecular weight excluding hydrogens is 196 g/mol. The van der Waals surface area contributed by atoms with Crippen LogP contribution in [0, 0.1) is 0 Å². The molecule has 2 heterocycles. The zero-order valence-electron chi connectivity index (χ0n) is 8.17. The predicted molar refractivity (Wildman–Crippen MR) is 52.2 cm³/mol. The Morgan fingerprint density at radius 3 is 3.00 bits per heavy atom. The first kappa shape index (κ1) is 9.45. The van der Waals surface area contributed by atoms with Gasteiger partial charge in [0.05, 0.1) is 6.20 Å². The summed E-state index contributed by atoms with van der Waals surface area (Å²) >= 11 is 0.